The first-order chi connectivity index (χ1) is 19.0. The van der Waals surface area contributed by atoms with E-state index < -0.39 is 68.9 Å². The number of alkyl halides is 5. The van der Waals surface area contributed by atoms with Crippen molar-refractivity contribution < 1.29 is 54.1 Å². The molecule has 1 aliphatic rings. The number of sulfonamides is 1. The molecule has 0 fully saturated rings. The first-order valence-corrected chi connectivity index (χ1v) is 13.3. The van der Waals surface area contributed by atoms with Gasteiger partial charge in [-0.2, -0.15) is 22.0 Å². The van der Waals surface area contributed by atoms with E-state index in [1.165, 1.54) is 19.9 Å². The fraction of sp³-hybridized carbons (Fsp3) is 0.308. The number of ether oxygens (including phenoxy) is 2. The smallest absolute Gasteiger partial charge is 0.416 e. The Kier molecular flexibility index (Phi) is 7.86. The molecule has 0 saturated heterocycles. The Morgan fingerprint density at radius 2 is 1.85 bits per heavy atom. The summed E-state index contributed by atoms with van der Waals surface area (Å²) in [6.45, 7) is -0.977. The van der Waals surface area contributed by atoms with E-state index in [1.807, 2.05) is 0 Å². The molecule has 3 aromatic rings. The van der Waals surface area contributed by atoms with E-state index in [9.17, 15) is 44.7 Å². The number of pyridine rings is 1. The maximum absolute atomic E-state index is 14.2. The van der Waals surface area contributed by atoms with Crippen LogP contribution in [0, 0.1) is 11.2 Å². The lowest BCUT2D eigenvalue weighted by Gasteiger charge is -2.37. The lowest BCUT2D eigenvalue weighted by molar-refractivity contribution is -0.148. The number of aliphatic carboxylic acids is 1. The average molecular weight is 605 g/mol. The van der Waals surface area contributed by atoms with Gasteiger partial charge in [0.25, 0.3) is 10.0 Å². The number of carboxylic acid groups (broad SMARTS) is 1. The van der Waals surface area contributed by atoms with Gasteiger partial charge in [0.1, 0.15) is 23.4 Å². The second-order valence-corrected chi connectivity index (χ2v) is 11.7. The third-order valence-electron chi connectivity index (χ3n) is 6.24. The number of aromatic nitrogens is 1. The summed E-state index contributed by atoms with van der Waals surface area (Å²) >= 11 is 0. The van der Waals surface area contributed by atoms with Gasteiger partial charge in [-0.05, 0) is 55.8 Å². The van der Waals surface area contributed by atoms with Crippen LogP contribution in [-0.2, 0) is 21.0 Å². The molecule has 4 rings (SSSR count). The summed E-state index contributed by atoms with van der Waals surface area (Å²) in [5.74, 6) is -2.96. The first kappa shape index (κ1) is 30.0. The van der Waals surface area contributed by atoms with E-state index in [2.05, 4.69) is 9.72 Å². The quantitative estimate of drug-likeness (QED) is 0.316. The fourth-order valence-corrected chi connectivity index (χ4v) is 5.73. The summed E-state index contributed by atoms with van der Waals surface area (Å²) in [6.07, 6.45) is -4.97. The Balaban J connectivity index is 1.84. The van der Waals surface area contributed by atoms with Crippen LogP contribution >= 0.6 is 0 Å². The van der Waals surface area contributed by atoms with Crippen LogP contribution < -0.4 is 13.8 Å². The maximum atomic E-state index is 14.2. The van der Waals surface area contributed by atoms with Gasteiger partial charge in [-0.25, -0.2) is 17.8 Å². The third-order valence-corrected chi connectivity index (χ3v) is 8.02. The van der Waals surface area contributed by atoms with E-state index >= 15 is 0 Å². The molecule has 0 bridgehead atoms. The standard InChI is InChI=1S/C26H22F6N2O6S/c1-25(2,23(35)36)11-19-13-34(41(37,38)20-5-3-4-16(9-20)26(30,31)32)21-8-15(12-33-22(21)39-19)14-6-17(27)10-18(7-14)40-24(28)29/h3-10,12,19,24H,11,13H2,1-2H3,(H,35,36)/t19-/m0/s1. The summed E-state index contributed by atoms with van der Waals surface area (Å²) in [5.41, 5.74) is -2.82. The maximum Gasteiger partial charge on any atom is 0.416 e. The highest BCUT2D eigenvalue weighted by Crippen LogP contribution is 2.41. The minimum absolute atomic E-state index is 0.0264. The van der Waals surface area contributed by atoms with Gasteiger partial charge < -0.3 is 14.6 Å². The zero-order valence-electron chi connectivity index (χ0n) is 21.3. The normalized spacial score (nSPS) is 15.8. The molecule has 0 aliphatic carbocycles. The summed E-state index contributed by atoms with van der Waals surface area (Å²) in [6, 6.07) is 6.96. The van der Waals surface area contributed by atoms with Crippen LogP contribution in [0.25, 0.3) is 11.1 Å². The Labute approximate surface area is 230 Å². The highest BCUT2D eigenvalue weighted by molar-refractivity contribution is 7.92. The van der Waals surface area contributed by atoms with E-state index in [4.69, 9.17) is 4.74 Å². The SMILES string of the molecule is CC(C)(C[C@H]1CN(S(=O)(=O)c2cccc(C(F)(F)F)c2)c2cc(-c3cc(F)cc(OC(F)F)c3)cnc2O1)C(=O)O. The molecule has 1 aromatic heterocycles. The highest BCUT2D eigenvalue weighted by atomic mass is 32.2. The van der Waals surface area contributed by atoms with Crippen molar-refractivity contribution in [1.29, 1.82) is 0 Å². The molecular weight excluding hydrogens is 582 g/mol. The molecule has 0 spiro atoms. The molecule has 0 saturated carbocycles. The van der Waals surface area contributed by atoms with Gasteiger partial charge in [-0.1, -0.05) is 6.07 Å². The largest absolute Gasteiger partial charge is 0.481 e. The molecule has 1 aliphatic heterocycles. The number of hydrogen-bond donors (Lipinski definition) is 1. The van der Waals surface area contributed by atoms with Crippen molar-refractivity contribution in [1.82, 2.24) is 4.98 Å². The van der Waals surface area contributed by atoms with Crippen LogP contribution in [0.3, 0.4) is 0 Å². The predicted molar refractivity (Wildman–Crippen MR) is 133 cm³/mol. The van der Waals surface area contributed by atoms with Crippen molar-refractivity contribution in [3.63, 3.8) is 0 Å². The number of carboxylic acids is 1. The monoisotopic (exact) mass is 604 g/mol. The Morgan fingerprint density at radius 1 is 1.15 bits per heavy atom. The van der Waals surface area contributed by atoms with Gasteiger partial charge in [0.2, 0.25) is 5.88 Å². The summed E-state index contributed by atoms with van der Waals surface area (Å²) in [5, 5.41) is 9.54. The zero-order chi connectivity index (χ0) is 30.3. The second-order valence-electron chi connectivity index (χ2n) is 9.80. The molecule has 2 aromatic carbocycles. The molecule has 220 valence electrons. The van der Waals surface area contributed by atoms with Crippen LogP contribution in [0.1, 0.15) is 25.8 Å². The molecule has 1 N–H and O–H groups in total. The first-order valence-electron chi connectivity index (χ1n) is 11.8. The third kappa shape index (κ3) is 6.50. The van der Waals surface area contributed by atoms with Crippen LogP contribution in [-0.4, -0.2) is 43.7 Å². The van der Waals surface area contributed by atoms with Crippen LogP contribution in [0.4, 0.5) is 32.0 Å². The molecule has 0 amide bonds. The van der Waals surface area contributed by atoms with Crippen LogP contribution in [0.2, 0.25) is 0 Å². The summed E-state index contributed by atoms with van der Waals surface area (Å²) in [4.78, 5) is 15.1. The van der Waals surface area contributed by atoms with Gasteiger partial charge in [0.05, 0.1) is 22.4 Å². The Morgan fingerprint density at radius 3 is 2.49 bits per heavy atom. The molecule has 15 heteroatoms. The van der Waals surface area contributed by atoms with E-state index in [0.29, 0.717) is 18.2 Å². The van der Waals surface area contributed by atoms with Gasteiger partial charge in [0.15, 0.2) is 0 Å². The highest BCUT2D eigenvalue weighted by Gasteiger charge is 2.41. The van der Waals surface area contributed by atoms with Crippen molar-refractivity contribution in [2.75, 3.05) is 10.8 Å². The van der Waals surface area contributed by atoms with Gasteiger partial charge in [0, 0.05) is 24.2 Å². The summed E-state index contributed by atoms with van der Waals surface area (Å²) in [7, 11) is -4.73. The fourth-order valence-electron chi connectivity index (χ4n) is 4.20. The average Bonchev–Trinajstić information content (AvgIpc) is 2.86. The van der Waals surface area contributed by atoms with Gasteiger partial charge in [-0.3, -0.25) is 9.10 Å². The van der Waals surface area contributed by atoms with Crippen molar-refractivity contribution in [2.24, 2.45) is 5.41 Å². The van der Waals surface area contributed by atoms with Crippen LogP contribution in [0.5, 0.6) is 11.6 Å². The molecule has 2 heterocycles. The number of carbonyl (C=O) groups is 1. The van der Waals surface area contributed by atoms with Crippen molar-refractivity contribution in [3.8, 4) is 22.8 Å². The van der Waals surface area contributed by atoms with Crippen molar-refractivity contribution >= 4 is 21.7 Å². The predicted octanol–water partition coefficient (Wildman–Crippen LogP) is 5.97. The van der Waals surface area contributed by atoms with Crippen molar-refractivity contribution in [2.45, 2.75) is 44.1 Å². The molecule has 0 unspecified atom stereocenters. The zero-order valence-corrected chi connectivity index (χ0v) is 22.1. The van der Waals surface area contributed by atoms with E-state index in [0.717, 1.165) is 34.8 Å². The number of fused-ring (bicyclic) bond motifs is 1. The van der Waals surface area contributed by atoms with E-state index in [1.54, 1.807) is 0 Å². The number of halogens is 6. The minimum Gasteiger partial charge on any atom is -0.481 e. The van der Waals surface area contributed by atoms with Crippen LogP contribution in [0.15, 0.2) is 59.6 Å². The Bertz CT molecular complexity index is 1580. The number of hydrogen-bond acceptors (Lipinski definition) is 6. The molecule has 0 radical (unpaired) electrons. The number of anilines is 1. The minimum atomic E-state index is -4.84. The van der Waals surface area contributed by atoms with Crippen molar-refractivity contribution in [3.05, 3.63) is 66.1 Å². The second kappa shape index (κ2) is 10.8. The molecule has 41 heavy (non-hydrogen) atoms. The summed E-state index contributed by atoms with van der Waals surface area (Å²) < 4.78 is 118. The topological polar surface area (TPSA) is 106 Å². The molecule has 8 nitrogen and oxygen atoms in total. The lowest BCUT2D eigenvalue weighted by Crippen LogP contribution is -2.46. The molecule has 1 atom stereocenters. The number of benzene rings is 2. The molecular formula is C26H22F6N2O6S. The Hall–Kier alpha value is -4.01. The van der Waals surface area contributed by atoms with Gasteiger partial charge in [-0.15, -0.1) is 0 Å². The number of rotatable bonds is 8. The van der Waals surface area contributed by atoms with Gasteiger partial charge >= 0.3 is 18.8 Å². The lowest BCUT2D eigenvalue weighted by atomic mass is 9.86. The van der Waals surface area contributed by atoms with E-state index in [-0.39, 0.29) is 29.1 Å². The number of nitrogens with zero attached hydrogens (tertiary/aromatic N) is 2.